The summed E-state index contributed by atoms with van der Waals surface area (Å²) in [7, 11) is 0. The summed E-state index contributed by atoms with van der Waals surface area (Å²) in [6.07, 6.45) is 5.49. The third-order valence-electron chi connectivity index (χ3n) is 2.42. The number of hydrogen-bond donors (Lipinski definition) is 1. The maximum absolute atomic E-state index is 11.5. The van der Waals surface area contributed by atoms with E-state index in [9.17, 15) is 9.90 Å². The Kier molecular flexibility index (Phi) is 5.00. The fourth-order valence-corrected chi connectivity index (χ4v) is 1.65. The zero-order valence-electron chi connectivity index (χ0n) is 10.8. The zero-order valence-corrected chi connectivity index (χ0v) is 10.8. The van der Waals surface area contributed by atoms with E-state index >= 15 is 0 Å². The summed E-state index contributed by atoms with van der Waals surface area (Å²) in [6, 6.07) is 0. The van der Waals surface area contributed by atoms with Crippen LogP contribution < -0.4 is 0 Å². The Morgan fingerprint density at radius 1 is 1.35 bits per heavy atom. The molecular formula is C13H22O4. The van der Waals surface area contributed by atoms with Gasteiger partial charge in [-0.2, -0.15) is 0 Å². The molecule has 0 spiro atoms. The van der Waals surface area contributed by atoms with Gasteiger partial charge in [0.25, 0.3) is 0 Å². The second kappa shape index (κ2) is 6.05. The molecule has 2 atom stereocenters. The standard InChI is InChI=1S/C13H22O4/c1-13(2,3)17-12(15)16-11-8-4-6-10(14)7-5-9-11/h4,8,10-11,14H,5-7,9H2,1-3H3/b8-4+. The number of hydrogen-bond acceptors (Lipinski definition) is 4. The van der Waals surface area contributed by atoms with Crippen molar-refractivity contribution in [2.75, 3.05) is 0 Å². The Morgan fingerprint density at radius 3 is 2.71 bits per heavy atom. The lowest BCUT2D eigenvalue weighted by Crippen LogP contribution is -2.27. The topological polar surface area (TPSA) is 55.8 Å². The first-order valence-electron chi connectivity index (χ1n) is 6.11. The van der Waals surface area contributed by atoms with E-state index < -0.39 is 11.8 Å². The van der Waals surface area contributed by atoms with Crippen molar-refractivity contribution in [3.8, 4) is 0 Å². The van der Waals surface area contributed by atoms with Gasteiger partial charge in [-0.1, -0.05) is 6.08 Å². The molecule has 0 aromatic carbocycles. The highest BCUT2D eigenvalue weighted by atomic mass is 16.7. The molecule has 0 saturated heterocycles. The molecule has 0 radical (unpaired) electrons. The van der Waals surface area contributed by atoms with Crippen LogP contribution >= 0.6 is 0 Å². The van der Waals surface area contributed by atoms with Crippen LogP contribution in [0.5, 0.6) is 0 Å². The fraction of sp³-hybridized carbons (Fsp3) is 0.769. The Balaban J connectivity index is 2.42. The Morgan fingerprint density at radius 2 is 2.06 bits per heavy atom. The van der Waals surface area contributed by atoms with Gasteiger partial charge in [0.1, 0.15) is 11.7 Å². The molecule has 0 aliphatic heterocycles. The average molecular weight is 242 g/mol. The smallest absolute Gasteiger partial charge is 0.429 e. The molecule has 0 bridgehead atoms. The van der Waals surface area contributed by atoms with Crippen molar-refractivity contribution in [3.05, 3.63) is 12.2 Å². The lowest BCUT2D eigenvalue weighted by atomic mass is 10.0. The van der Waals surface area contributed by atoms with Gasteiger partial charge in [0, 0.05) is 0 Å². The van der Waals surface area contributed by atoms with Crippen LogP contribution in [-0.4, -0.2) is 29.1 Å². The molecule has 0 heterocycles. The van der Waals surface area contributed by atoms with Crippen molar-refractivity contribution in [1.29, 1.82) is 0 Å². The van der Waals surface area contributed by atoms with E-state index in [1.165, 1.54) is 0 Å². The van der Waals surface area contributed by atoms with E-state index in [1.54, 1.807) is 20.8 Å². The predicted molar refractivity (Wildman–Crippen MR) is 64.7 cm³/mol. The van der Waals surface area contributed by atoms with Crippen molar-refractivity contribution in [3.63, 3.8) is 0 Å². The minimum absolute atomic E-state index is 0.239. The molecular weight excluding hydrogens is 220 g/mol. The van der Waals surface area contributed by atoms with Crippen LogP contribution in [0.2, 0.25) is 0 Å². The number of aliphatic hydroxyl groups excluding tert-OH is 1. The molecule has 4 nitrogen and oxygen atoms in total. The second-order valence-corrected chi connectivity index (χ2v) is 5.37. The monoisotopic (exact) mass is 242 g/mol. The van der Waals surface area contributed by atoms with Gasteiger partial charge in [-0.3, -0.25) is 0 Å². The molecule has 1 aliphatic rings. The number of ether oxygens (including phenoxy) is 2. The first-order chi connectivity index (χ1) is 7.87. The summed E-state index contributed by atoms with van der Waals surface area (Å²) in [4.78, 5) is 11.5. The van der Waals surface area contributed by atoms with Crippen LogP contribution in [0.15, 0.2) is 12.2 Å². The molecule has 1 N–H and O–H groups in total. The molecule has 0 aromatic rings. The third-order valence-corrected chi connectivity index (χ3v) is 2.42. The average Bonchev–Trinajstić information content (AvgIpc) is 2.10. The predicted octanol–water partition coefficient (Wildman–Crippen LogP) is 2.80. The number of rotatable bonds is 1. The summed E-state index contributed by atoms with van der Waals surface area (Å²) in [5.41, 5.74) is -0.529. The van der Waals surface area contributed by atoms with Gasteiger partial charge < -0.3 is 14.6 Å². The maximum atomic E-state index is 11.5. The maximum Gasteiger partial charge on any atom is 0.509 e. The summed E-state index contributed by atoms with van der Waals surface area (Å²) in [6.45, 7) is 5.41. The first kappa shape index (κ1) is 14.0. The molecule has 0 saturated carbocycles. The molecule has 0 amide bonds. The van der Waals surface area contributed by atoms with Crippen molar-refractivity contribution < 1.29 is 19.4 Å². The zero-order chi connectivity index (χ0) is 12.9. The fourth-order valence-electron chi connectivity index (χ4n) is 1.65. The Hall–Kier alpha value is -1.03. The van der Waals surface area contributed by atoms with Crippen LogP contribution in [0, 0.1) is 0 Å². The summed E-state index contributed by atoms with van der Waals surface area (Å²) in [5, 5.41) is 9.45. The minimum atomic E-state index is -0.631. The number of carbonyl (C=O) groups excluding carboxylic acids is 1. The van der Waals surface area contributed by atoms with Gasteiger partial charge in [0.15, 0.2) is 0 Å². The van der Waals surface area contributed by atoms with Crippen molar-refractivity contribution in [2.45, 2.75) is 64.3 Å². The summed E-state index contributed by atoms with van der Waals surface area (Å²) < 4.78 is 10.3. The molecule has 1 aliphatic carbocycles. The second-order valence-electron chi connectivity index (χ2n) is 5.37. The molecule has 0 fully saturated rings. The van der Waals surface area contributed by atoms with Gasteiger partial charge >= 0.3 is 6.16 Å². The van der Waals surface area contributed by atoms with Gasteiger partial charge in [-0.25, -0.2) is 4.79 Å². The molecule has 0 aromatic heterocycles. The minimum Gasteiger partial charge on any atom is -0.429 e. The molecule has 2 unspecified atom stereocenters. The molecule has 17 heavy (non-hydrogen) atoms. The molecule has 4 heteroatoms. The van der Waals surface area contributed by atoms with E-state index in [-0.39, 0.29) is 12.2 Å². The van der Waals surface area contributed by atoms with Crippen LogP contribution in [0.25, 0.3) is 0 Å². The normalized spacial score (nSPS) is 27.8. The summed E-state index contributed by atoms with van der Waals surface area (Å²) in [5.74, 6) is 0. The number of carbonyl (C=O) groups is 1. The summed E-state index contributed by atoms with van der Waals surface area (Å²) >= 11 is 0. The van der Waals surface area contributed by atoms with E-state index in [4.69, 9.17) is 9.47 Å². The lowest BCUT2D eigenvalue weighted by molar-refractivity contribution is -0.0205. The van der Waals surface area contributed by atoms with Crippen molar-refractivity contribution in [1.82, 2.24) is 0 Å². The third kappa shape index (κ3) is 6.31. The van der Waals surface area contributed by atoms with Crippen LogP contribution in [-0.2, 0) is 9.47 Å². The van der Waals surface area contributed by atoms with Gasteiger partial charge in [0.05, 0.1) is 6.10 Å². The van der Waals surface area contributed by atoms with Crippen LogP contribution in [0.4, 0.5) is 4.79 Å². The van der Waals surface area contributed by atoms with Crippen LogP contribution in [0.1, 0.15) is 46.5 Å². The van der Waals surface area contributed by atoms with Crippen molar-refractivity contribution >= 4 is 6.16 Å². The van der Waals surface area contributed by atoms with E-state index in [0.29, 0.717) is 6.42 Å². The largest absolute Gasteiger partial charge is 0.509 e. The van der Waals surface area contributed by atoms with E-state index in [0.717, 1.165) is 19.3 Å². The first-order valence-corrected chi connectivity index (χ1v) is 6.11. The highest BCUT2D eigenvalue weighted by molar-refractivity contribution is 5.61. The Bertz CT molecular complexity index is 278. The highest BCUT2D eigenvalue weighted by Gasteiger charge is 2.21. The van der Waals surface area contributed by atoms with Gasteiger partial charge in [-0.05, 0) is 52.5 Å². The van der Waals surface area contributed by atoms with E-state index in [2.05, 4.69) is 0 Å². The van der Waals surface area contributed by atoms with Crippen LogP contribution in [0.3, 0.4) is 0 Å². The number of aliphatic hydroxyl groups is 1. The quantitative estimate of drug-likeness (QED) is 0.567. The SMILES string of the molecule is CC(C)(C)OC(=O)OC1/C=C/CC(O)CCC1. The Labute approximate surface area is 103 Å². The van der Waals surface area contributed by atoms with Crippen molar-refractivity contribution in [2.24, 2.45) is 0 Å². The molecule has 98 valence electrons. The highest BCUT2D eigenvalue weighted by Crippen LogP contribution is 2.16. The lowest BCUT2D eigenvalue weighted by Gasteiger charge is -2.22. The van der Waals surface area contributed by atoms with E-state index in [1.807, 2.05) is 12.2 Å². The van der Waals surface area contributed by atoms with Gasteiger partial charge in [-0.15, -0.1) is 0 Å². The van der Waals surface area contributed by atoms with Gasteiger partial charge in [0.2, 0.25) is 0 Å². The molecule has 1 rings (SSSR count).